The van der Waals surface area contributed by atoms with E-state index >= 15 is 0 Å². The van der Waals surface area contributed by atoms with E-state index in [4.69, 9.17) is 0 Å². The summed E-state index contributed by atoms with van der Waals surface area (Å²) in [6.45, 7) is 7.93. The number of benzene rings is 1. The molecule has 0 aliphatic carbocycles. The van der Waals surface area contributed by atoms with Crippen LogP contribution in [0.2, 0.25) is 0 Å². The number of nitrogens with one attached hydrogen (secondary N) is 1. The molecule has 0 unspecified atom stereocenters. The predicted octanol–water partition coefficient (Wildman–Crippen LogP) is 4.05. The molecule has 1 rings (SSSR count). The molecule has 1 N–H and O–H groups in total. The Hall–Kier alpha value is -1.23. The lowest BCUT2D eigenvalue weighted by atomic mass is 10.0. The lowest BCUT2D eigenvalue weighted by Crippen LogP contribution is -2.27. The molecule has 0 aliphatic rings. The van der Waals surface area contributed by atoms with Gasteiger partial charge in [-0.05, 0) is 31.5 Å². The van der Waals surface area contributed by atoms with E-state index in [1.54, 1.807) is 19.2 Å². The fraction of sp³-hybridized carbons (Fsp3) is 0.600. The lowest BCUT2D eigenvalue weighted by Gasteiger charge is -2.25. The summed E-state index contributed by atoms with van der Waals surface area (Å²) in [5.41, 5.74) is 0.309. The molecule has 0 amide bonds. The van der Waals surface area contributed by atoms with Crippen LogP contribution in [0.5, 0.6) is 0 Å². The summed E-state index contributed by atoms with van der Waals surface area (Å²) in [6, 6.07) is 4.83. The molecule has 0 spiro atoms. The molecule has 0 bridgehead atoms. The van der Waals surface area contributed by atoms with E-state index in [1.807, 2.05) is 32.6 Å². The van der Waals surface area contributed by atoms with E-state index in [9.17, 15) is 13.2 Å². The second-order valence-electron chi connectivity index (χ2n) is 5.58. The fourth-order valence-electron chi connectivity index (χ4n) is 1.81. The van der Waals surface area contributed by atoms with Gasteiger partial charge in [-0.1, -0.05) is 19.9 Å². The van der Waals surface area contributed by atoms with Gasteiger partial charge in [0, 0.05) is 31.4 Å². The molecule has 0 radical (unpaired) electrons. The van der Waals surface area contributed by atoms with Crippen molar-refractivity contribution in [1.29, 1.82) is 0 Å². The summed E-state index contributed by atoms with van der Waals surface area (Å²) >= 11 is 0. The second-order valence-corrected chi connectivity index (χ2v) is 5.58. The Morgan fingerprint density at radius 1 is 1.15 bits per heavy atom. The monoisotopic (exact) mass is 288 g/mol. The van der Waals surface area contributed by atoms with Crippen molar-refractivity contribution >= 4 is 5.69 Å². The van der Waals surface area contributed by atoms with Crippen molar-refractivity contribution < 1.29 is 13.2 Å². The molecule has 2 nitrogen and oxygen atoms in total. The molecule has 0 atom stereocenters. The summed E-state index contributed by atoms with van der Waals surface area (Å²) in [5, 5.41) is 3.03. The average molecular weight is 288 g/mol. The van der Waals surface area contributed by atoms with Crippen LogP contribution < -0.4 is 10.2 Å². The number of hydrogen-bond donors (Lipinski definition) is 1. The van der Waals surface area contributed by atoms with Gasteiger partial charge in [0.25, 0.3) is 0 Å². The van der Waals surface area contributed by atoms with Crippen molar-refractivity contribution in [2.24, 2.45) is 0 Å². The van der Waals surface area contributed by atoms with Crippen molar-refractivity contribution in [1.82, 2.24) is 5.32 Å². The molecule has 1 aromatic rings. The highest BCUT2D eigenvalue weighted by atomic mass is 19.4. The first-order chi connectivity index (χ1) is 9.12. The number of alkyl halides is 3. The predicted molar refractivity (Wildman–Crippen MR) is 77.0 cm³/mol. The summed E-state index contributed by atoms with van der Waals surface area (Å²) < 4.78 is 39.5. The van der Waals surface area contributed by atoms with E-state index < -0.39 is 11.7 Å². The third kappa shape index (κ3) is 4.40. The van der Waals surface area contributed by atoms with Crippen LogP contribution in [0.15, 0.2) is 18.2 Å². The first-order valence-electron chi connectivity index (χ1n) is 6.79. The lowest BCUT2D eigenvalue weighted by molar-refractivity contribution is -0.138. The topological polar surface area (TPSA) is 15.3 Å². The highest BCUT2D eigenvalue weighted by Gasteiger charge is 2.33. The molecule has 0 aliphatic heterocycles. The van der Waals surface area contributed by atoms with Crippen LogP contribution in [0.3, 0.4) is 0 Å². The van der Waals surface area contributed by atoms with Crippen molar-refractivity contribution in [2.45, 2.75) is 52.5 Å². The largest absolute Gasteiger partial charge is 0.416 e. The summed E-state index contributed by atoms with van der Waals surface area (Å²) in [4.78, 5) is 1.83. The first kappa shape index (κ1) is 16.8. The Bertz CT molecular complexity index is 439. The Morgan fingerprint density at radius 3 is 2.20 bits per heavy atom. The summed E-state index contributed by atoms with van der Waals surface area (Å²) in [5.74, 6) is 0. The van der Waals surface area contributed by atoms with Crippen molar-refractivity contribution in [3.05, 3.63) is 29.3 Å². The molecule has 5 heteroatoms. The fourth-order valence-corrected chi connectivity index (χ4v) is 1.81. The van der Waals surface area contributed by atoms with Gasteiger partial charge < -0.3 is 10.2 Å². The molecular weight excluding hydrogens is 265 g/mol. The molecule has 0 saturated heterocycles. The van der Waals surface area contributed by atoms with Gasteiger partial charge in [0.05, 0.1) is 5.56 Å². The Labute approximate surface area is 119 Å². The van der Waals surface area contributed by atoms with Crippen LogP contribution in [0, 0.1) is 0 Å². The molecule has 0 saturated carbocycles. The number of nitrogens with zero attached hydrogens (tertiary/aromatic N) is 1. The van der Waals surface area contributed by atoms with E-state index in [0.29, 0.717) is 5.69 Å². The summed E-state index contributed by atoms with van der Waals surface area (Å²) in [6.07, 6.45) is -4.33. The Morgan fingerprint density at radius 2 is 1.75 bits per heavy atom. The van der Waals surface area contributed by atoms with Crippen molar-refractivity contribution in [2.75, 3.05) is 11.9 Å². The highest BCUT2D eigenvalue weighted by Crippen LogP contribution is 2.34. The van der Waals surface area contributed by atoms with Gasteiger partial charge in [-0.25, -0.2) is 0 Å². The van der Waals surface area contributed by atoms with Gasteiger partial charge in [0.15, 0.2) is 0 Å². The van der Waals surface area contributed by atoms with Crippen LogP contribution in [0.25, 0.3) is 0 Å². The molecule has 114 valence electrons. The van der Waals surface area contributed by atoms with Crippen LogP contribution in [-0.2, 0) is 12.7 Å². The summed E-state index contributed by atoms with van der Waals surface area (Å²) in [7, 11) is 1.80. The third-order valence-electron chi connectivity index (χ3n) is 3.28. The second kappa shape index (κ2) is 6.48. The SMILES string of the molecule is CC(C)NCc1ccc(N(C)C(C)C)cc1C(F)(F)F. The zero-order chi connectivity index (χ0) is 15.5. The average Bonchev–Trinajstić information content (AvgIpc) is 2.33. The normalized spacial score (nSPS) is 12.3. The molecule has 0 aromatic heterocycles. The number of halogens is 3. The first-order valence-corrected chi connectivity index (χ1v) is 6.79. The maximum atomic E-state index is 13.2. The minimum Gasteiger partial charge on any atom is -0.372 e. The smallest absolute Gasteiger partial charge is 0.372 e. The highest BCUT2D eigenvalue weighted by molar-refractivity contribution is 5.52. The van der Waals surface area contributed by atoms with Gasteiger partial charge in [-0.2, -0.15) is 13.2 Å². The molecule has 20 heavy (non-hydrogen) atoms. The zero-order valence-electron chi connectivity index (χ0n) is 12.7. The van der Waals surface area contributed by atoms with E-state index in [2.05, 4.69) is 5.32 Å². The van der Waals surface area contributed by atoms with Gasteiger partial charge in [0.1, 0.15) is 0 Å². The zero-order valence-corrected chi connectivity index (χ0v) is 12.7. The van der Waals surface area contributed by atoms with E-state index in [0.717, 1.165) is 0 Å². The van der Waals surface area contributed by atoms with Gasteiger partial charge in [-0.3, -0.25) is 0 Å². The maximum absolute atomic E-state index is 13.2. The number of anilines is 1. The maximum Gasteiger partial charge on any atom is 0.416 e. The van der Waals surface area contributed by atoms with Gasteiger partial charge in [-0.15, -0.1) is 0 Å². The van der Waals surface area contributed by atoms with Gasteiger partial charge >= 0.3 is 6.18 Å². The molecule has 0 heterocycles. The Kier molecular flexibility index (Phi) is 5.45. The third-order valence-corrected chi connectivity index (χ3v) is 3.28. The van der Waals surface area contributed by atoms with Crippen LogP contribution >= 0.6 is 0 Å². The quantitative estimate of drug-likeness (QED) is 0.879. The van der Waals surface area contributed by atoms with Crippen molar-refractivity contribution in [3.8, 4) is 0 Å². The molecule has 1 aromatic carbocycles. The minimum atomic E-state index is -4.33. The molecular formula is C15H23F3N2. The van der Waals surface area contributed by atoms with Crippen molar-refractivity contribution in [3.63, 3.8) is 0 Å². The number of rotatable bonds is 5. The Balaban J connectivity index is 3.14. The standard InChI is InChI=1S/C15H23F3N2/c1-10(2)19-9-12-6-7-13(20(5)11(3)4)8-14(12)15(16,17)18/h6-8,10-11,19H,9H2,1-5H3. The van der Waals surface area contributed by atoms with Crippen LogP contribution in [0.4, 0.5) is 18.9 Å². The molecule has 0 fully saturated rings. The minimum absolute atomic E-state index is 0.147. The van der Waals surface area contributed by atoms with E-state index in [1.165, 1.54) is 6.07 Å². The number of hydrogen-bond acceptors (Lipinski definition) is 2. The van der Waals surface area contributed by atoms with Crippen LogP contribution in [-0.4, -0.2) is 19.1 Å². The van der Waals surface area contributed by atoms with Crippen LogP contribution in [0.1, 0.15) is 38.8 Å². The van der Waals surface area contributed by atoms with Gasteiger partial charge in [0.2, 0.25) is 0 Å². The van der Waals surface area contributed by atoms with E-state index in [-0.39, 0.29) is 24.2 Å².